The molecule has 0 fully saturated rings. The van der Waals surface area contributed by atoms with E-state index in [1.807, 2.05) is 60.7 Å². The molecule has 1 aromatic heterocycles. The fraction of sp³-hybridized carbons (Fsp3) is 0.0690. The molecule has 36 heavy (non-hydrogen) atoms. The zero-order valence-corrected chi connectivity index (χ0v) is 19.4. The Labute approximate surface area is 208 Å². The maximum absolute atomic E-state index is 13.2. The Morgan fingerprint density at radius 1 is 1.11 bits per heavy atom. The van der Waals surface area contributed by atoms with Crippen LogP contribution in [-0.4, -0.2) is 22.2 Å². The number of carbonyl (C=O) groups excluding carboxylic acids is 1. The molecule has 0 aliphatic rings. The summed E-state index contributed by atoms with van der Waals surface area (Å²) >= 11 is 0. The first-order chi connectivity index (χ1) is 17.6. The van der Waals surface area contributed by atoms with Gasteiger partial charge in [-0.3, -0.25) is 4.79 Å². The molecule has 0 bridgehead atoms. The Morgan fingerprint density at radius 2 is 1.89 bits per heavy atom. The van der Waals surface area contributed by atoms with Crippen LogP contribution >= 0.6 is 0 Å². The van der Waals surface area contributed by atoms with Crippen molar-refractivity contribution >= 4 is 12.0 Å². The number of nitriles is 1. The van der Waals surface area contributed by atoms with Crippen molar-refractivity contribution in [2.45, 2.75) is 6.61 Å². The van der Waals surface area contributed by atoms with Crippen molar-refractivity contribution in [1.29, 1.82) is 5.26 Å². The number of hydrogen-bond donors (Lipinski definition) is 1. The third-order valence-corrected chi connectivity index (χ3v) is 5.26. The predicted molar refractivity (Wildman–Crippen MR) is 137 cm³/mol. The molecule has 0 radical (unpaired) electrons. The number of amides is 1. The summed E-state index contributed by atoms with van der Waals surface area (Å²) in [7, 11) is 0. The SMILES string of the molecule is C=CCNC(=O)C(C#N)=Cc1cn(-c2ccccc2)nc1-c1cccc(OCc2ccc(F)cc2)c1. The number of benzene rings is 3. The van der Waals surface area contributed by atoms with Crippen LogP contribution in [0.2, 0.25) is 0 Å². The van der Waals surface area contributed by atoms with Gasteiger partial charge in [0.05, 0.1) is 5.69 Å². The van der Waals surface area contributed by atoms with Gasteiger partial charge < -0.3 is 10.1 Å². The summed E-state index contributed by atoms with van der Waals surface area (Å²) in [5, 5.41) is 17.0. The van der Waals surface area contributed by atoms with Crippen LogP contribution in [0.3, 0.4) is 0 Å². The Kier molecular flexibility index (Phi) is 7.69. The van der Waals surface area contributed by atoms with Crippen molar-refractivity contribution in [2.75, 3.05) is 6.54 Å². The van der Waals surface area contributed by atoms with Crippen LogP contribution in [0.4, 0.5) is 4.39 Å². The van der Waals surface area contributed by atoms with E-state index in [0.717, 1.165) is 16.8 Å². The Morgan fingerprint density at radius 3 is 2.61 bits per heavy atom. The zero-order chi connectivity index (χ0) is 25.3. The first-order valence-corrected chi connectivity index (χ1v) is 11.2. The van der Waals surface area contributed by atoms with E-state index in [-0.39, 0.29) is 24.5 Å². The minimum absolute atomic E-state index is 0.0468. The van der Waals surface area contributed by atoms with Crippen molar-refractivity contribution in [1.82, 2.24) is 15.1 Å². The van der Waals surface area contributed by atoms with Gasteiger partial charge in [-0.05, 0) is 48.0 Å². The lowest BCUT2D eigenvalue weighted by molar-refractivity contribution is -0.116. The third kappa shape index (κ3) is 5.93. The molecule has 1 N–H and O–H groups in total. The zero-order valence-electron chi connectivity index (χ0n) is 19.4. The minimum atomic E-state index is -0.493. The van der Waals surface area contributed by atoms with Gasteiger partial charge in [-0.1, -0.05) is 48.5 Å². The number of aromatic nitrogens is 2. The Hall–Kier alpha value is -4.96. The summed E-state index contributed by atoms with van der Waals surface area (Å²) < 4.78 is 20.8. The molecule has 3 aromatic carbocycles. The lowest BCUT2D eigenvalue weighted by atomic mass is 10.1. The largest absolute Gasteiger partial charge is 0.489 e. The van der Waals surface area contributed by atoms with Gasteiger partial charge in [0.25, 0.3) is 5.91 Å². The second-order valence-electron chi connectivity index (χ2n) is 7.82. The van der Waals surface area contributed by atoms with E-state index < -0.39 is 5.91 Å². The number of ether oxygens (including phenoxy) is 1. The van der Waals surface area contributed by atoms with Gasteiger partial charge in [0.1, 0.15) is 35.5 Å². The Bertz CT molecular complexity index is 1430. The lowest BCUT2D eigenvalue weighted by Gasteiger charge is -2.08. The van der Waals surface area contributed by atoms with Crippen LogP contribution in [0.1, 0.15) is 11.1 Å². The first-order valence-electron chi connectivity index (χ1n) is 11.2. The first kappa shape index (κ1) is 24.2. The number of rotatable bonds is 9. The van der Waals surface area contributed by atoms with E-state index in [1.165, 1.54) is 18.2 Å². The third-order valence-electron chi connectivity index (χ3n) is 5.26. The molecule has 6 nitrogen and oxygen atoms in total. The predicted octanol–water partition coefficient (Wildman–Crippen LogP) is 5.47. The highest BCUT2D eigenvalue weighted by molar-refractivity contribution is 6.02. The fourth-order valence-corrected chi connectivity index (χ4v) is 3.47. The monoisotopic (exact) mass is 478 g/mol. The molecule has 0 saturated heterocycles. The number of hydrogen-bond acceptors (Lipinski definition) is 4. The van der Waals surface area contributed by atoms with Crippen molar-refractivity contribution in [3.05, 3.63) is 120 Å². The molecule has 178 valence electrons. The van der Waals surface area contributed by atoms with Gasteiger partial charge in [0.2, 0.25) is 0 Å². The van der Waals surface area contributed by atoms with Crippen molar-refractivity contribution in [3.8, 4) is 28.8 Å². The molecule has 0 atom stereocenters. The Balaban J connectivity index is 1.69. The van der Waals surface area contributed by atoms with E-state index in [4.69, 9.17) is 9.84 Å². The maximum Gasteiger partial charge on any atom is 0.262 e. The van der Waals surface area contributed by atoms with Crippen molar-refractivity contribution in [3.63, 3.8) is 0 Å². The summed E-state index contributed by atoms with van der Waals surface area (Å²) in [6.07, 6.45) is 4.84. The molecular weight excluding hydrogens is 455 g/mol. The van der Waals surface area contributed by atoms with Crippen LogP contribution < -0.4 is 10.1 Å². The van der Waals surface area contributed by atoms with Gasteiger partial charge in [-0.25, -0.2) is 9.07 Å². The number of para-hydroxylation sites is 1. The summed E-state index contributed by atoms with van der Waals surface area (Å²) in [6.45, 7) is 4.11. The standard InChI is InChI=1S/C29H23FN4O2/c1-2-15-32-29(35)23(18-31)16-24-19-34(26-8-4-3-5-9-26)33-28(24)22-7-6-10-27(17-22)36-20-21-11-13-25(30)14-12-21/h2-14,16-17,19H,1,15,20H2,(H,32,35). The summed E-state index contributed by atoms with van der Waals surface area (Å²) in [5.41, 5.74) is 3.54. The maximum atomic E-state index is 13.2. The normalized spacial score (nSPS) is 10.9. The van der Waals surface area contributed by atoms with Crippen LogP contribution in [0.25, 0.3) is 23.0 Å². The molecule has 1 heterocycles. The van der Waals surface area contributed by atoms with E-state index >= 15 is 0 Å². The molecule has 4 rings (SSSR count). The summed E-state index contributed by atoms with van der Waals surface area (Å²) in [5.74, 6) is -0.192. The highest BCUT2D eigenvalue weighted by atomic mass is 19.1. The fourth-order valence-electron chi connectivity index (χ4n) is 3.47. The van der Waals surface area contributed by atoms with Gasteiger partial charge >= 0.3 is 0 Å². The number of carbonyl (C=O) groups is 1. The van der Waals surface area contributed by atoms with E-state index in [2.05, 4.69) is 11.9 Å². The molecule has 4 aromatic rings. The molecule has 0 saturated carbocycles. The molecule has 7 heteroatoms. The topological polar surface area (TPSA) is 79.9 Å². The number of nitrogens with zero attached hydrogens (tertiary/aromatic N) is 3. The molecule has 0 aliphatic carbocycles. The average molecular weight is 479 g/mol. The molecule has 0 aliphatic heterocycles. The van der Waals surface area contributed by atoms with E-state index in [1.54, 1.807) is 29.1 Å². The lowest BCUT2D eigenvalue weighted by Crippen LogP contribution is -2.24. The van der Waals surface area contributed by atoms with Crippen molar-refractivity contribution < 1.29 is 13.9 Å². The minimum Gasteiger partial charge on any atom is -0.489 e. The second-order valence-corrected chi connectivity index (χ2v) is 7.82. The number of halogens is 1. The van der Waals surface area contributed by atoms with Crippen molar-refractivity contribution in [2.24, 2.45) is 0 Å². The van der Waals surface area contributed by atoms with Gasteiger partial charge in [-0.2, -0.15) is 10.4 Å². The highest BCUT2D eigenvalue weighted by Crippen LogP contribution is 2.29. The summed E-state index contributed by atoms with van der Waals surface area (Å²) in [4.78, 5) is 12.4. The molecule has 0 unspecified atom stereocenters. The highest BCUT2D eigenvalue weighted by Gasteiger charge is 2.15. The number of nitrogens with one attached hydrogen (secondary N) is 1. The van der Waals surface area contributed by atoms with Crippen LogP contribution in [0, 0.1) is 17.1 Å². The van der Waals surface area contributed by atoms with E-state index in [9.17, 15) is 14.4 Å². The van der Waals surface area contributed by atoms with E-state index in [0.29, 0.717) is 17.0 Å². The quantitative estimate of drug-likeness (QED) is 0.197. The molecule has 0 spiro atoms. The van der Waals surface area contributed by atoms with Crippen LogP contribution in [0.15, 0.2) is 103 Å². The van der Waals surface area contributed by atoms with Gasteiger partial charge in [0, 0.05) is 23.9 Å². The average Bonchev–Trinajstić information content (AvgIpc) is 3.34. The molecule has 1 amide bonds. The van der Waals surface area contributed by atoms with Gasteiger partial charge in [0.15, 0.2) is 0 Å². The summed E-state index contributed by atoms with van der Waals surface area (Å²) in [6, 6.07) is 25.0. The molecular formula is C29H23FN4O2. The van der Waals surface area contributed by atoms with Crippen LogP contribution in [0.5, 0.6) is 5.75 Å². The smallest absolute Gasteiger partial charge is 0.262 e. The van der Waals surface area contributed by atoms with Gasteiger partial charge in [-0.15, -0.1) is 6.58 Å². The second kappa shape index (κ2) is 11.4. The van der Waals surface area contributed by atoms with Crippen LogP contribution in [-0.2, 0) is 11.4 Å².